The number of benzene rings is 1. The Labute approximate surface area is 97.8 Å². The van der Waals surface area contributed by atoms with Gasteiger partial charge in [-0.3, -0.25) is 0 Å². The van der Waals surface area contributed by atoms with E-state index >= 15 is 0 Å². The number of esters is 1. The van der Waals surface area contributed by atoms with Gasteiger partial charge in [0.2, 0.25) is 0 Å². The van der Waals surface area contributed by atoms with Crippen LogP contribution in [0.5, 0.6) is 0 Å². The van der Waals surface area contributed by atoms with Gasteiger partial charge in [0.15, 0.2) is 5.58 Å². The second-order valence-corrected chi connectivity index (χ2v) is 3.71. The summed E-state index contributed by atoms with van der Waals surface area (Å²) in [4.78, 5) is 22.9. The van der Waals surface area contributed by atoms with Gasteiger partial charge >= 0.3 is 11.6 Å². The van der Waals surface area contributed by atoms with Crippen molar-refractivity contribution in [3.05, 3.63) is 45.8 Å². The molecule has 17 heavy (non-hydrogen) atoms. The van der Waals surface area contributed by atoms with E-state index in [9.17, 15) is 9.59 Å². The van der Waals surface area contributed by atoms with Gasteiger partial charge in [-0.2, -0.15) is 0 Å². The lowest BCUT2D eigenvalue weighted by Crippen LogP contribution is -2.07. The molecule has 0 amide bonds. The molecule has 2 aromatic rings. The fraction of sp³-hybridized carbons (Fsp3) is 0.231. The van der Waals surface area contributed by atoms with Gasteiger partial charge in [-0.25, -0.2) is 9.59 Å². The lowest BCUT2D eigenvalue weighted by atomic mass is 10.1. The van der Waals surface area contributed by atoms with Crippen LogP contribution >= 0.6 is 0 Å². The number of carbonyl (C=O) groups is 1. The molecule has 0 fully saturated rings. The van der Waals surface area contributed by atoms with E-state index in [1.807, 2.05) is 13.0 Å². The van der Waals surface area contributed by atoms with Crippen molar-refractivity contribution in [1.29, 1.82) is 0 Å². The highest BCUT2D eigenvalue weighted by Crippen LogP contribution is 2.20. The molecule has 4 heteroatoms. The molecule has 88 valence electrons. The summed E-state index contributed by atoms with van der Waals surface area (Å²) in [6.07, 6.45) is 0. The van der Waals surface area contributed by atoms with Crippen LogP contribution in [0.15, 0.2) is 33.5 Å². The molecule has 1 aromatic heterocycles. The number of rotatable bonds is 2. The minimum absolute atomic E-state index is 0.279. The molecule has 2 rings (SSSR count). The predicted molar refractivity (Wildman–Crippen MR) is 63.2 cm³/mol. The number of hydrogen-bond donors (Lipinski definition) is 0. The van der Waals surface area contributed by atoms with Gasteiger partial charge < -0.3 is 9.15 Å². The molecule has 0 aliphatic rings. The molecule has 1 aromatic carbocycles. The van der Waals surface area contributed by atoms with Crippen LogP contribution in [0.2, 0.25) is 0 Å². The Bertz CT molecular complexity index is 625. The van der Waals surface area contributed by atoms with Gasteiger partial charge in [-0.15, -0.1) is 0 Å². The van der Waals surface area contributed by atoms with Crippen LogP contribution < -0.4 is 5.63 Å². The topological polar surface area (TPSA) is 56.5 Å². The van der Waals surface area contributed by atoms with Crippen LogP contribution in [0, 0.1) is 6.92 Å². The van der Waals surface area contributed by atoms with Gasteiger partial charge in [0.05, 0.1) is 6.61 Å². The summed E-state index contributed by atoms with van der Waals surface area (Å²) < 4.78 is 9.99. The van der Waals surface area contributed by atoms with Crippen molar-refractivity contribution >= 4 is 16.9 Å². The van der Waals surface area contributed by atoms with E-state index in [2.05, 4.69) is 0 Å². The third-order valence-electron chi connectivity index (χ3n) is 2.36. The minimum atomic E-state index is -0.480. The van der Waals surface area contributed by atoms with Crippen LogP contribution in [-0.2, 0) is 4.74 Å². The molecule has 0 bridgehead atoms. The van der Waals surface area contributed by atoms with Crippen molar-refractivity contribution in [2.75, 3.05) is 6.61 Å². The highest BCUT2D eigenvalue weighted by atomic mass is 16.5. The molecule has 0 spiro atoms. The number of hydrogen-bond acceptors (Lipinski definition) is 4. The van der Waals surface area contributed by atoms with E-state index in [0.717, 1.165) is 5.56 Å². The maximum atomic E-state index is 11.7. The third-order valence-corrected chi connectivity index (χ3v) is 2.36. The standard InChI is InChI=1S/C13H12O4/c1-3-16-13(15)10-7-8(2)6-9-4-5-11(14)17-12(9)10/h4-7H,3H2,1-2H3. The number of fused-ring (bicyclic) bond motifs is 1. The zero-order chi connectivity index (χ0) is 12.4. The van der Waals surface area contributed by atoms with Crippen LogP contribution in [0.25, 0.3) is 11.0 Å². The fourth-order valence-electron chi connectivity index (χ4n) is 1.69. The van der Waals surface area contributed by atoms with E-state index in [-0.39, 0.29) is 12.2 Å². The van der Waals surface area contributed by atoms with Crippen LogP contribution in [0.4, 0.5) is 0 Å². The van der Waals surface area contributed by atoms with E-state index in [0.29, 0.717) is 10.9 Å². The molecular weight excluding hydrogens is 220 g/mol. The Hall–Kier alpha value is -2.10. The average Bonchev–Trinajstić information content (AvgIpc) is 2.29. The monoisotopic (exact) mass is 232 g/mol. The molecule has 0 N–H and O–H groups in total. The van der Waals surface area contributed by atoms with Crippen LogP contribution in [-0.4, -0.2) is 12.6 Å². The number of aryl methyl sites for hydroxylation is 1. The molecule has 0 atom stereocenters. The first-order chi connectivity index (χ1) is 8.11. The molecule has 0 aliphatic heterocycles. The first-order valence-electron chi connectivity index (χ1n) is 5.33. The highest BCUT2D eigenvalue weighted by molar-refractivity contribution is 6.02. The smallest absolute Gasteiger partial charge is 0.341 e. The van der Waals surface area contributed by atoms with E-state index in [4.69, 9.17) is 9.15 Å². The minimum Gasteiger partial charge on any atom is -0.462 e. The fourth-order valence-corrected chi connectivity index (χ4v) is 1.69. The lowest BCUT2D eigenvalue weighted by molar-refractivity contribution is 0.0527. The molecule has 0 radical (unpaired) electrons. The Morgan fingerprint density at radius 2 is 2.12 bits per heavy atom. The first-order valence-corrected chi connectivity index (χ1v) is 5.33. The second kappa shape index (κ2) is 4.41. The van der Waals surface area contributed by atoms with Crippen molar-refractivity contribution < 1.29 is 13.9 Å². The van der Waals surface area contributed by atoms with E-state index < -0.39 is 11.6 Å². The summed E-state index contributed by atoms with van der Waals surface area (Å²) in [5, 5.41) is 0.715. The van der Waals surface area contributed by atoms with Gasteiger partial charge in [-0.1, -0.05) is 0 Å². The predicted octanol–water partition coefficient (Wildman–Crippen LogP) is 2.28. The van der Waals surface area contributed by atoms with Gasteiger partial charge in [0.25, 0.3) is 0 Å². The summed E-state index contributed by atoms with van der Waals surface area (Å²) in [5.41, 5.74) is 1.00. The van der Waals surface area contributed by atoms with Gasteiger partial charge in [-0.05, 0) is 37.6 Å². The van der Waals surface area contributed by atoms with Crippen molar-refractivity contribution in [3.8, 4) is 0 Å². The lowest BCUT2D eigenvalue weighted by Gasteiger charge is -2.05. The molecule has 1 heterocycles. The third kappa shape index (κ3) is 2.20. The first kappa shape index (κ1) is 11.4. The van der Waals surface area contributed by atoms with E-state index in [1.54, 1.807) is 19.1 Å². The van der Waals surface area contributed by atoms with Crippen LogP contribution in [0.3, 0.4) is 0 Å². The zero-order valence-electron chi connectivity index (χ0n) is 9.65. The normalized spacial score (nSPS) is 10.5. The maximum absolute atomic E-state index is 11.7. The molecule has 0 saturated carbocycles. The summed E-state index contributed by atoms with van der Waals surface area (Å²) in [6, 6.07) is 6.47. The molecular formula is C13H12O4. The second-order valence-electron chi connectivity index (χ2n) is 3.71. The average molecular weight is 232 g/mol. The van der Waals surface area contributed by atoms with Crippen LogP contribution in [0.1, 0.15) is 22.8 Å². The molecule has 0 aliphatic carbocycles. The van der Waals surface area contributed by atoms with E-state index in [1.165, 1.54) is 6.07 Å². The SMILES string of the molecule is CCOC(=O)c1cc(C)cc2ccc(=O)oc12. The quantitative estimate of drug-likeness (QED) is 0.588. The summed E-state index contributed by atoms with van der Waals surface area (Å²) >= 11 is 0. The van der Waals surface area contributed by atoms with Gasteiger partial charge in [0, 0.05) is 11.5 Å². The molecule has 4 nitrogen and oxygen atoms in total. The highest BCUT2D eigenvalue weighted by Gasteiger charge is 2.14. The summed E-state index contributed by atoms with van der Waals surface area (Å²) in [6.45, 7) is 3.88. The Balaban J connectivity index is 2.71. The number of ether oxygens (including phenoxy) is 1. The maximum Gasteiger partial charge on any atom is 0.341 e. The summed E-state index contributed by atoms with van der Waals surface area (Å²) in [7, 11) is 0. The summed E-state index contributed by atoms with van der Waals surface area (Å²) in [5.74, 6) is -0.476. The van der Waals surface area contributed by atoms with Gasteiger partial charge in [0.1, 0.15) is 5.56 Å². The van der Waals surface area contributed by atoms with Crippen molar-refractivity contribution in [2.24, 2.45) is 0 Å². The van der Waals surface area contributed by atoms with Crippen molar-refractivity contribution in [1.82, 2.24) is 0 Å². The molecule has 0 saturated heterocycles. The molecule has 0 unspecified atom stereocenters. The Morgan fingerprint density at radius 3 is 2.82 bits per heavy atom. The van der Waals surface area contributed by atoms with Crippen molar-refractivity contribution in [3.63, 3.8) is 0 Å². The zero-order valence-corrected chi connectivity index (χ0v) is 9.65. The number of carbonyl (C=O) groups excluding carboxylic acids is 1. The Morgan fingerprint density at radius 1 is 1.35 bits per heavy atom. The Kier molecular flexibility index (Phi) is 2.95. The van der Waals surface area contributed by atoms with Crippen molar-refractivity contribution in [2.45, 2.75) is 13.8 Å². The largest absolute Gasteiger partial charge is 0.462 e.